The summed E-state index contributed by atoms with van der Waals surface area (Å²) in [4.78, 5) is 10.9. The van der Waals surface area contributed by atoms with Gasteiger partial charge in [0.25, 0.3) is 0 Å². The highest BCUT2D eigenvalue weighted by Crippen LogP contribution is 2.25. The molecule has 0 unspecified atom stereocenters. The molecule has 0 bridgehead atoms. The standard InChI is InChI=1S/C13H19NO3/c1-9-7-11(14)8-10(2)13(9)17-6-4-5-12(15)16-3/h7-8H,4-6,14H2,1-3H3. The summed E-state index contributed by atoms with van der Waals surface area (Å²) in [6.45, 7) is 4.42. The Bertz CT molecular complexity index is 379. The Hall–Kier alpha value is -1.71. The first-order valence-corrected chi connectivity index (χ1v) is 5.61. The van der Waals surface area contributed by atoms with Gasteiger partial charge in [0.2, 0.25) is 0 Å². The summed E-state index contributed by atoms with van der Waals surface area (Å²) in [5.41, 5.74) is 8.49. The van der Waals surface area contributed by atoms with Crippen LogP contribution in [0.3, 0.4) is 0 Å². The molecule has 17 heavy (non-hydrogen) atoms. The lowest BCUT2D eigenvalue weighted by atomic mass is 10.1. The minimum Gasteiger partial charge on any atom is -0.493 e. The highest BCUT2D eigenvalue weighted by Gasteiger charge is 2.06. The zero-order chi connectivity index (χ0) is 12.8. The van der Waals surface area contributed by atoms with Gasteiger partial charge in [0.15, 0.2) is 0 Å². The molecule has 0 aliphatic rings. The predicted molar refractivity (Wildman–Crippen MR) is 67.1 cm³/mol. The number of nitrogens with two attached hydrogens (primary N) is 1. The van der Waals surface area contributed by atoms with Crippen LogP contribution in [0.2, 0.25) is 0 Å². The molecule has 0 spiro atoms. The van der Waals surface area contributed by atoms with Crippen LogP contribution in [0.1, 0.15) is 24.0 Å². The minimum absolute atomic E-state index is 0.209. The number of carbonyl (C=O) groups excluding carboxylic acids is 1. The fourth-order valence-corrected chi connectivity index (χ4v) is 1.70. The molecule has 0 aliphatic heterocycles. The first kappa shape index (κ1) is 13.4. The number of hydrogen-bond donors (Lipinski definition) is 1. The molecular formula is C13H19NO3. The molecule has 0 aliphatic carbocycles. The number of carbonyl (C=O) groups is 1. The van der Waals surface area contributed by atoms with E-state index < -0.39 is 0 Å². The van der Waals surface area contributed by atoms with Crippen LogP contribution in [0.25, 0.3) is 0 Å². The Morgan fingerprint density at radius 3 is 2.41 bits per heavy atom. The third-order valence-electron chi connectivity index (χ3n) is 2.48. The summed E-state index contributed by atoms with van der Waals surface area (Å²) < 4.78 is 10.2. The van der Waals surface area contributed by atoms with Gasteiger partial charge in [-0.3, -0.25) is 4.79 Å². The maximum Gasteiger partial charge on any atom is 0.305 e. The average Bonchev–Trinajstić information content (AvgIpc) is 2.26. The van der Waals surface area contributed by atoms with Gasteiger partial charge >= 0.3 is 5.97 Å². The summed E-state index contributed by atoms with van der Waals surface area (Å²) in [6, 6.07) is 3.76. The molecule has 0 fully saturated rings. The van der Waals surface area contributed by atoms with Gasteiger partial charge in [0.05, 0.1) is 13.7 Å². The van der Waals surface area contributed by atoms with Crippen molar-refractivity contribution in [2.75, 3.05) is 19.5 Å². The van der Waals surface area contributed by atoms with E-state index >= 15 is 0 Å². The van der Waals surface area contributed by atoms with Crippen molar-refractivity contribution in [3.8, 4) is 5.75 Å². The van der Waals surface area contributed by atoms with Crippen molar-refractivity contribution in [1.29, 1.82) is 0 Å². The minimum atomic E-state index is -0.209. The quantitative estimate of drug-likeness (QED) is 0.484. The monoisotopic (exact) mass is 237 g/mol. The molecule has 1 aromatic carbocycles. The summed E-state index contributed by atoms with van der Waals surface area (Å²) in [6.07, 6.45) is 1.03. The van der Waals surface area contributed by atoms with E-state index in [9.17, 15) is 4.79 Å². The van der Waals surface area contributed by atoms with Crippen molar-refractivity contribution in [3.63, 3.8) is 0 Å². The van der Waals surface area contributed by atoms with Gasteiger partial charge in [-0.15, -0.1) is 0 Å². The number of rotatable bonds is 5. The van der Waals surface area contributed by atoms with Crippen LogP contribution in [-0.4, -0.2) is 19.7 Å². The Balaban J connectivity index is 2.50. The SMILES string of the molecule is COC(=O)CCCOc1c(C)cc(N)cc1C. The van der Waals surface area contributed by atoms with Crippen molar-refractivity contribution >= 4 is 11.7 Å². The summed E-state index contributed by atoms with van der Waals surface area (Å²) >= 11 is 0. The van der Waals surface area contributed by atoms with Crippen LogP contribution in [0, 0.1) is 13.8 Å². The molecule has 1 rings (SSSR count). The number of hydrogen-bond acceptors (Lipinski definition) is 4. The van der Waals surface area contributed by atoms with Gasteiger partial charge in [-0.1, -0.05) is 0 Å². The van der Waals surface area contributed by atoms with Crippen LogP contribution in [0.4, 0.5) is 5.69 Å². The number of benzene rings is 1. The Morgan fingerprint density at radius 2 is 1.88 bits per heavy atom. The van der Waals surface area contributed by atoms with E-state index in [1.165, 1.54) is 7.11 Å². The van der Waals surface area contributed by atoms with Crippen LogP contribution in [0.15, 0.2) is 12.1 Å². The molecule has 0 aromatic heterocycles. The van der Waals surface area contributed by atoms with Crippen LogP contribution < -0.4 is 10.5 Å². The molecule has 4 nitrogen and oxygen atoms in total. The second-order valence-corrected chi connectivity index (χ2v) is 4.01. The third kappa shape index (κ3) is 3.98. The lowest BCUT2D eigenvalue weighted by molar-refractivity contribution is -0.140. The second kappa shape index (κ2) is 6.13. The zero-order valence-electron chi connectivity index (χ0n) is 10.6. The lowest BCUT2D eigenvalue weighted by Gasteiger charge is -2.12. The molecule has 94 valence electrons. The fraction of sp³-hybridized carbons (Fsp3) is 0.462. The first-order valence-electron chi connectivity index (χ1n) is 5.61. The van der Waals surface area contributed by atoms with E-state index in [0.29, 0.717) is 19.4 Å². The van der Waals surface area contributed by atoms with Gasteiger partial charge in [-0.25, -0.2) is 0 Å². The van der Waals surface area contributed by atoms with E-state index in [4.69, 9.17) is 10.5 Å². The first-order chi connectivity index (χ1) is 8.04. The highest BCUT2D eigenvalue weighted by atomic mass is 16.5. The topological polar surface area (TPSA) is 61.5 Å². The molecule has 4 heteroatoms. The lowest BCUT2D eigenvalue weighted by Crippen LogP contribution is -2.06. The number of nitrogen functional groups attached to an aromatic ring is 1. The third-order valence-corrected chi connectivity index (χ3v) is 2.48. The summed E-state index contributed by atoms with van der Waals surface area (Å²) in [7, 11) is 1.39. The molecule has 0 heterocycles. The van der Waals surface area contributed by atoms with Crippen molar-refractivity contribution in [2.45, 2.75) is 26.7 Å². The zero-order valence-corrected chi connectivity index (χ0v) is 10.6. The van der Waals surface area contributed by atoms with Crippen LogP contribution in [-0.2, 0) is 9.53 Å². The molecule has 0 saturated heterocycles. The van der Waals surface area contributed by atoms with E-state index in [0.717, 1.165) is 22.6 Å². The molecule has 0 saturated carbocycles. The van der Waals surface area contributed by atoms with Gasteiger partial charge < -0.3 is 15.2 Å². The largest absolute Gasteiger partial charge is 0.493 e. The summed E-state index contributed by atoms with van der Waals surface area (Å²) in [5, 5.41) is 0. The van der Waals surface area contributed by atoms with Crippen LogP contribution in [0.5, 0.6) is 5.75 Å². The van der Waals surface area contributed by atoms with Crippen molar-refractivity contribution in [3.05, 3.63) is 23.3 Å². The molecule has 0 radical (unpaired) electrons. The molecular weight excluding hydrogens is 218 g/mol. The Morgan fingerprint density at radius 1 is 1.29 bits per heavy atom. The van der Waals surface area contributed by atoms with Crippen LogP contribution >= 0.6 is 0 Å². The molecule has 0 atom stereocenters. The van der Waals surface area contributed by atoms with E-state index in [1.54, 1.807) is 0 Å². The van der Waals surface area contributed by atoms with E-state index in [1.807, 2.05) is 26.0 Å². The van der Waals surface area contributed by atoms with Gasteiger partial charge in [-0.05, 0) is 43.5 Å². The number of anilines is 1. The average molecular weight is 237 g/mol. The second-order valence-electron chi connectivity index (χ2n) is 4.01. The molecule has 0 amide bonds. The number of ether oxygens (including phenoxy) is 2. The summed E-state index contributed by atoms with van der Waals surface area (Å²) in [5.74, 6) is 0.642. The van der Waals surface area contributed by atoms with Crippen molar-refractivity contribution < 1.29 is 14.3 Å². The normalized spacial score (nSPS) is 10.1. The van der Waals surface area contributed by atoms with Gasteiger partial charge in [0, 0.05) is 12.1 Å². The fourth-order valence-electron chi connectivity index (χ4n) is 1.70. The van der Waals surface area contributed by atoms with Crippen molar-refractivity contribution in [2.24, 2.45) is 0 Å². The molecule has 1 aromatic rings. The number of aryl methyl sites for hydroxylation is 2. The van der Waals surface area contributed by atoms with Crippen molar-refractivity contribution in [1.82, 2.24) is 0 Å². The van der Waals surface area contributed by atoms with Gasteiger partial charge in [0.1, 0.15) is 5.75 Å². The Kier molecular flexibility index (Phi) is 4.82. The van der Waals surface area contributed by atoms with E-state index in [-0.39, 0.29) is 5.97 Å². The number of esters is 1. The smallest absolute Gasteiger partial charge is 0.305 e. The van der Waals surface area contributed by atoms with E-state index in [2.05, 4.69) is 4.74 Å². The van der Waals surface area contributed by atoms with Gasteiger partial charge in [-0.2, -0.15) is 0 Å². The maximum absolute atomic E-state index is 10.9. The number of methoxy groups -OCH3 is 1. The molecule has 2 N–H and O–H groups in total. The predicted octanol–water partition coefficient (Wildman–Crippen LogP) is 2.22. The highest BCUT2D eigenvalue weighted by molar-refractivity contribution is 5.69. The maximum atomic E-state index is 10.9. The Labute approximate surface area is 102 Å².